The molecule has 0 saturated carbocycles. The molecule has 1 N–H and O–H groups in total. The molecule has 0 radical (unpaired) electrons. The molecule has 7 nitrogen and oxygen atoms in total. The highest BCUT2D eigenvalue weighted by Crippen LogP contribution is 2.32. The number of benzene rings is 1. The molecule has 0 aliphatic carbocycles. The van der Waals surface area contributed by atoms with Crippen molar-refractivity contribution in [1.29, 1.82) is 0 Å². The number of aromatic nitrogens is 1. The summed E-state index contributed by atoms with van der Waals surface area (Å²) in [7, 11) is 0. The van der Waals surface area contributed by atoms with Gasteiger partial charge in [-0.3, -0.25) is 14.7 Å². The van der Waals surface area contributed by atoms with E-state index in [0.29, 0.717) is 30.2 Å². The minimum Gasteiger partial charge on any atom is -0.456 e. The number of hydrogen-bond acceptors (Lipinski definition) is 5. The SMILES string of the molecule is CC(C)(C)OC(=O)N1CCC[C@]1(C)C(=O)Nc1ccc(Oc2cccnc2)cc1. The van der Waals surface area contributed by atoms with Gasteiger partial charge in [-0.1, -0.05) is 0 Å². The summed E-state index contributed by atoms with van der Waals surface area (Å²) in [5.41, 5.74) is -0.931. The van der Waals surface area contributed by atoms with Crippen LogP contribution in [0.5, 0.6) is 11.5 Å². The average Bonchev–Trinajstić information content (AvgIpc) is 3.06. The fraction of sp³-hybridized carbons (Fsp3) is 0.409. The molecule has 7 heteroatoms. The molecular weight excluding hydrogens is 370 g/mol. The predicted molar refractivity (Wildman–Crippen MR) is 110 cm³/mol. The number of carbonyl (C=O) groups excluding carboxylic acids is 2. The maximum atomic E-state index is 13.0. The number of pyridine rings is 1. The molecule has 2 amide bonds. The topological polar surface area (TPSA) is 80.8 Å². The van der Waals surface area contributed by atoms with Crippen LogP contribution in [-0.4, -0.2) is 39.6 Å². The van der Waals surface area contributed by atoms with Gasteiger partial charge in [0.2, 0.25) is 5.91 Å². The Hall–Kier alpha value is -3.09. The molecule has 1 aromatic carbocycles. The Kier molecular flexibility index (Phi) is 5.77. The van der Waals surface area contributed by atoms with Crippen LogP contribution in [-0.2, 0) is 9.53 Å². The molecule has 154 valence electrons. The molecule has 3 rings (SSSR count). The molecule has 1 atom stereocenters. The van der Waals surface area contributed by atoms with Gasteiger partial charge in [0.25, 0.3) is 0 Å². The number of ether oxygens (including phenoxy) is 2. The number of anilines is 1. The summed E-state index contributed by atoms with van der Waals surface area (Å²) in [5, 5.41) is 2.91. The van der Waals surface area contributed by atoms with Crippen LogP contribution in [0.25, 0.3) is 0 Å². The third kappa shape index (κ3) is 5.04. The van der Waals surface area contributed by atoms with Gasteiger partial charge in [0.05, 0.1) is 6.20 Å². The van der Waals surface area contributed by atoms with Crippen LogP contribution in [0.2, 0.25) is 0 Å². The zero-order chi connectivity index (χ0) is 21.1. The summed E-state index contributed by atoms with van der Waals surface area (Å²) < 4.78 is 11.2. The van der Waals surface area contributed by atoms with Gasteiger partial charge in [-0.2, -0.15) is 0 Å². The molecule has 1 aromatic heterocycles. The van der Waals surface area contributed by atoms with Gasteiger partial charge in [-0.15, -0.1) is 0 Å². The van der Waals surface area contributed by atoms with Crippen molar-refractivity contribution in [1.82, 2.24) is 9.88 Å². The highest BCUT2D eigenvalue weighted by molar-refractivity contribution is 6.00. The van der Waals surface area contributed by atoms with Crippen LogP contribution in [0.3, 0.4) is 0 Å². The van der Waals surface area contributed by atoms with E-state index in [1.165, 1.54) is 4.90 Å². The number of likely N-dealkylation sites (tertiary alicyclic amines) is 1. The average molecular weight is 397 g/mol. The minimum atomic E-state index is -0.951. The van der Waals surface area contributed by atoms with E-state index in [1.54, 1.807) is 49.6 Å². The Morgan fingerprint density at radius 1 is 1.14 bits per heavy atom. The number of rotatable bonds is 4. The van der Waals surface area contributed by atoms with Gasteiger partial charge in [-0.05, 0) is 76.9 Å². The summed E-state index contributed by atoms with van der Waals surface area (Å²) in [6, 6.07) is 10.7. The first-order valence-corrected chi connectivity index (χ1v) is 9.67. The fourth-order valence-electron chi connectivity index (χ4n) is 3.22. The number of hydrogen-bond donors (Lipinski definition) is 1. The monoisotopic (exact) mass is 397 g/mol. The maximum absolute atomic E-state index is 13.0. The molecular formula is C22H27N3O4. The summed E-state index contributed by atoms with van der Waals surface area (Å²) in [6.45, 7) is 7.71. The lowest BCUT2D eigenvalue weighted by molar-refractivity contribution is -0.125. The van der Waals surface area contributed by atoms with Crippen molar-refractivity contribution < 1.29 is 19.1 Å². The minimum absolute atomic E-state index is 0.234. The summed E-state index contributed by atoms with van der Waals surface area (Å²) in [4.78, 5) is 31.1. The van der Waals surface area contributed by atoms with Gasteiger partial charge in [0.1, 0.15) is 22.6 Å². The van der Waals surface area contributed by atoms with Crippen molar-refractivity contribution in [3.63, 3.8) is 0 Å². The van der Waals surface area contributed by atoms with Crippen LogP contribution in [0.15, 0.2) is 48.8 Å². The second-order valence-electron chi connectivity index (χ2n) is 8.28. The van der Waals surface area contributed by atoms with E-state index in [4.69, 9.17) is 9.47 Å². The van der Waals surface area contributed by atoms with E-state index in [9.17, 15) is 9.59 Å². The summed E-state index contributed by atoms with van der Waals surface area (Å²) in [5.74, 6) is 1.04. The highest BCUT2D eigenvalue weighted by Gasteiger charge is 2.47. The Morgan fingerprint density at radius 2 is 1.86 bits per heavy atom. The van der Waals surface area contributed by atoms with Crippen LogP contribution in [0.1, 0.15) is 40.5 Å². The first-order valence-electron chi connectivity index (χ1n) is 9.67. The Balaban J connectivity index is 1.66. The van der Waals surface area contributed by atoms with E-state index in [2.05, 4.69) is 10.3 Å². The van der Waals surface area contributed by atoms with Crippen LogP contribution in [0, 0.1) is 0 Å². The van der Waals surface area contributed by atoms with Gasteiger partial charge < -0.3 is 14.8 Å². The van der Waals surface area contributed by atoms with E-state index in [1.807, 2.05) is 26.8 Å². The number of nitrogens with one attached hydrogen (secondary N) is 1. The van der Waals surface area contributed by atoms with Gasteiger partial charge in [0, 0.05) is 18.4 Å². The van der Waals surface area contributed by atoms with Crippen molar-refractivity contribution >= 4 is 17.7 Å². The standard InChI is InChI=1S/C22H27N3O4/c1-21(2,3)29-20(27)25-14-6-12-22(25,4)19(26)24-16-8-10-17(11-9-16)28-18-7-5-13-23-15-18/h5,7-11,13,15H,6,12,14H2,1-4H3,(H,24,26)/t22-/m1/s1. The molecule has 1 aliphatic rings. The quantitative estimate of drug-likeness (QED) is 0.815. The van der Waals surface area contributed by atoms with E-state index >= 15 is 0 Å². The smallest absolute Gasteiger partial charge is 0.411 e. The van der Waals surface area contributed by atoms with Gasteiger partial charge >= 0.3 is 6.09 Å². The van der Waals surface area contributed by atoms with E-state index < -0.39 is 17.2 Å². The lowest BCUT2D eigenvalue weighted by Gasteiger charge is -2.35. The van der Waals surface area contributed by atoms with Crippen molar-refractivity contribution in [3.05, 3.63) is 48.8 Å². The Morgan fingerprint density at radius 3 is 2.48 bits per heavy atom. The van der Waals surface area contributed by atoms with Crippen molar-refractivity contribution in [3.8, 4) is 11.5 Å². The third-order valence-electron chi connectivity index (χ3n) is 4.73. The molecule has 1 aliphatic heterocycles. The van der Waals surface area contributed by atoms with Gasteiger partial charge in [0.15, 0.2) is 0 Å². The van der Waals surface area contributed by atoms with Crippen LogP contribution >= 0.6 is 0 Å². The Bertz CT molecular complexity index is 862. The molecule has 1 saturated heterocycles. The van der Waals surface area contributed by atoms with Crippen molar-refractivity contribution in [2.24, 2.45) is 0 Å². The molecule has 0 unspecified atom stereocenters. The second-order valence-corrected chi connectivity index (χ2v) is 8.28. The highest BCUT2D eigenvalue weighted by atomic mass is 16.6. The zero-order valence-electron chi connectivity index (χ0n) is 17.3. The number of carbonyl (C=O) groups is 2. The van der Waals surface area contributed by atoms with Crippen molar-refractivity contribution in [2.45, 2.75) is 51.7 Å². The van der Waals surface area contributed by atoms with Gasteiger partial charge in [-0.25, -0.2) is 4.79 Å². The molecule has 1 fully saturated rings. The van der Waals surface area contributed by atoms with Crippen molar-refractivity contribution in [2.75, 3.05) is 11.9 Å². The largest absolute Gasteiger partial charge is 0.456 e. The lowest BCUT2D eigenvalue weighted by atomic mass is 9.97. The molecule has 2 aromatic rings. The second kappa shape index (κ2) is 8.11. The fourth-order valence-corrected chi connectivity index (χ4v) is 3.22. The first kappa shape index (κ1) is 20.6. The Labute approximate surface area is 171 Å². The summed E-state index contributed by atoms with van der Waals surface area (Å²) in [6.07, 6.45) is 4.17. The molecule has 29 heavy (non-hydrogen) atoms. The number of nitrogens with zero attached hydrogens (tertiary/aromatic N) is 2. The number of amides is 2. The molecule has 0 bridgehead atoms. The zero-order valence-corrected chi connectivity index (χ0v) is 17.3. The van der Waals surface area contributed by atoms with Crippen LogP contribution in [0.4, 0.5) is 10.5 Å². The van der Waals surface area contributed by atoms with E-state index in [0.717, 1.165) is 6.42 Å². The van der Waals surface area contributed by atoms with E-state index in [-0.39, 0.29) is 5.91 Å². The normalized spacial score (nSPS) is 19.0. The molecule has 2 heterocycles. The first-order chi connectivity index (χ1) is 13.7. The molecule has 0 spiro atoms. The van der Waals surface area contributed by atoms with Crippen LogP contribution < -0.4 is 10.1 Å². The third-order valence-corrected chi connectivity index (χ3v) is 4.73. The summed E-state index contributed by atoms with van der Waals surface area (Å²) >= 11 is 0. The predicted octanol–water partition coefficient (Wildman–Crippen LogP) is 4.60. The lowest BCUT2D eigenvalue weighted by Crippen LogP contribution is -2.54. The maximum Gasteiger partial charge on any atom is 0.411 e.